The first-order valence-corrected chi connectivity index (χ1v) is 8.89. The predicted octanol–water partition coefficient (Wildman–Crippen LogP) is 5.94. The number of aryl methyl sites for hydroxylation is 1. The van der Waals surface area contributed by atoms with E-state index in [1.54, 1.807) is 0 Å². The minimum atomic E-state index is -0.128. The van der Waals surface area contributed by atoms with Crippen LogP contribution >= 0.6 is 0 Å². The van der Waals surface area contributed by atoms with Crippen LogP contribution in [0.5, 0.6) is 0 Å². The smallest absolute Gasteiger partial charge is 0.0725 e. The summed E-state index contributed by atoms with van der Waals surface area (Å²) in [6, 6.07) is 31.6. The average Bonchev–Trinajstić information content (AvgIpc) is 2.67. The Labute approximate surface area is 151 Å². The number of rotatable bonds is 6. The van der Waals surface area contributed by atoms with Gasteiger partial charge >= 0.3 is 0 Å². The Morgan fingerprint density at radius 3 is 1.60 bits per heavy atom. The molecule has 126 valence electrons. The number of hydrogen-bond acceptors (Lipinski definition) is 1. The maximum atomic E-state index is 5.18. The van der Waals surface area contributed by atoms with E-state index in [0.29, 0.717) is 0 Å². The third-order valence-corrected chi connectivity index (χ3v) is 4.38. The van der Waals surface area contributed by atoms with Gasteiger partial charge in [-0.1, -0.05) is 91.0 Å². The van der Waals surface area contributed by atoms with Gasteiger partial charge in [-0.25, -0.2) is 0 Å². The van der Waals surface area contributed by atoms with Crippen LogP contribution in [0.15, 0.2) is 96.0 Å². The molecule has 0 aliphatic rings. The third-order valence-electron chi connectivity index (χ3n) is 4.38. The summed E-state index contributed by atoms with van der Waals surface area (Å²) < 4.78 is 0. The molecule has 3 rings (SSSR count). The fourth-order valence-corrected chi connectivity index (χ4v) is 2.94. The van der Waals surface area contributed by atoms with Crippen LogP contribution in [0.3, 0.4) is 0 Å². The Kier molecular flexibility index (Phi) is 5.45. The van der Waals surface area contributed by atoms with Crippen LogP contribution in [-0.2, 0) is 6.42 Å². The molecule has 0 aromatic heterocycles. The molecule has 0 radical (unpaired) electrons. The number of aliphatic imine (C=N–C) groups is 1. The lowest BCUT2D eigenvalue weighted by Gasteiger charge is -2.22. The fourth-order valence-electron chi connectivity index (χ4n) is 2.94. The van der Waals surface area contributed by atoms with Crippen molar-refractivity contribution >= 4 is 5.71 Å². The maximum Gasteiger partial charge on any atom is 0.0725 e. The summed E-state index contributed by atoms with van der Waals surface area (Å²) in [4.78, 5) is 5.18. The van der Waals surface area contributed by atoms with Crippen molar-refractivity contribution in [2.45, 2.75) is 32.2 Å². The van der Waals surface area contributed by atoms with Crippen molar-refractivity contribution in [3.63, 3.8) is 0 Å². The first kappa shape index (κ1) is 17.2. The van der Waals surface area contributed by atoms with Crippen molar-refractivity contribution in [1.29, 1.82) is 0 Å². The van der Waals surface area contributed by atoms with E-state index >= 15 is 0 Å². The highest BCUT2D eigenvalue weighted by atomic mass is 15.6. The monoisotopic (exact) mass is 328 g/mol. The Hall–Kier alpha value is -2.67. The zero-order chi connectivity index (χ0) is 17.5. The van der Waals surface area contributed by atoms with Crippen molar-refractivity contribution in [2.24, 2.45) is 4.99 Å². The summed E-state index contributed by atoms with van der Waals surface area (Å²) in [5, 5.41) is 0. The van der Waals surface area contributed by atoms with Gasteiger partial charge in [0.2, 0.25) is 0 Å². The Balaban J connectivity index is 1.89. The van der Waals surface area contributed by atoms with Crippen LogP contribution in [-0.4, -0.2) is 11.3 Å². The highest BCUT2D eigenvalue weighted by molar-refractivity contribution is 6.13. The first-order valence-electron chi connectivity index (χ1n) is 8.89. The SMILES string of the molecule is CC(C)(CCc1ccccc1)[15N]=C(c1ccccc1)c1ccccc1. The van der Waals surface area contributed by atoms with Gasteiger partial charge in [0, 0.05) is 11.1 Å². The minimum absolute atomic E-state index is 0.128. The second kappa shape index (κ2) is 7.94. The maximum absolute atomic E-state index is 5.18. The van der Waals surface area contributed by atoms with Gasteiger partial charge in [-0.3, -0.25) is 4.99 Å². The molecule has 0 bridgehead atoms. The highest BCUT2D eigenvalue weighted by Gasteiger charge is 2.19. The summed E-state index contributed by atoms with van der Waals surface area (Å²) in [5.74, 6) is 0. The quantitative estimate of drug-likeness (QED) is 0.392. The van der Waals surface area contributed by atoms with Crippen LogP contribution in [0.2, 0.25) is 0 Å². The summed E-state index contributed by atoms with van der Waals surface area (Å²) in [6.45, 7) is 4.45. The van der Waals surface area contributed by atoms with E-state index < -0.39 is 0 Å². The third kappa shape index (κ3) is 4.90. The van der Waals surface area contributed by atoms with Crippen LogP contribution in [0.4, 0.5) is 0 Å². The molecule has 0 aliphatic heterocycles. The number of nitrogens with zero attached hydrogens (tertiary/aromatic N) is 1. The van der Waals surface area contributed by atoms with E-state index in [4.69, 9.17) is 4.99 Å². The predicted molar refractivity (Wildman–Crippen MR) is 107 cm³/mol. The van der Waals surface area contributed by atoms with E-state index in [-0.39, 0.29) is 5.54 Å². The van der Waals surface area contributed by atoms with Crippen molar-refractivity contribution in [1.82, 2.24) is 0 Å². The normalized spacial score (nSPS) is 11.1. The Morgan fingerprint density at radius 1 is 0.680 bits per heavy atom. The zero-order valence-electron chi connectivity index (χ0n) is 15.0. The molecule has 3 aromatic carbocycles. The molecular formula is C24H25N. The Morgan fingerprint density at radius 2 is 1.12 bits per heavy atom. The zero-order valence-corrected chi connectivity index (χ0v) is 15.0. The van der Waals surface area contributed by atoms with E-state index in [9.17, 15) is 0 Å². The van der Waals surface area contributed by atoms with E-state index in [0.717, 1.165) is 18.6 Å². The van der Waals surface area contributed by atoms with Gasteiger partial charge in [0.25, 0.3) is 0 Å². The molecular weight excluding hydrogens is 303 g/mol. The summed E-state index contributed by atoms with van der Waals surface area (Å²) >= 11 is 0. The van der Waals surface area contributed by atoms with Gasteiger partial charge in [-0.2, -0.15) is 0 Å². The van der Waals surface area contributed by atoms with Gasteiger partial charge in [0.1, 0.15) is 0 Å². The molecule has 0 N–H and O–H groups in total. The topological polar surface area (TPSA) is 12.4 Å². The second-order valence-corrected chi connectivity index (χ2v) is 6.99. The molecule has 0 spiro atoms. The molecule has 0 unspecified atom stereocenters. The average molecular weight is 328 g/mol. The lowest BCUT2D eigenvalue weighted by Crippen LogP contribution is -2.21. The van der Waals surface area contributed by atoms with Gasteiger partial charge in [0.15, 0.2) is 0 Å². The summed E-state index contributed by atoms with van der Waals surface area (Å²) in [5.41, 5.74) is 4.64. The molecule has 0 amide bonds. The Bertz CT molecular complexity index is 761. The van der Waals surface area contributed by atoms with E-state index in [1.807, 2.05) is 12.1 Å². The molecule has 0 heterocycles. The molecule has 0 saturated heterocycles. The van der Waals surface area contributed by atoms with Crippen LogP contribution in [0.25, 0.3) is 0 Å². The molecule has 1 heteroatoms. The standard InChI is InChI=1S/C24H25N/c1-24(2,19-18-20-12-6-3-7-13-20)25-23(21-14-8-4-9-15-21)22-16-10-5-11-17-22/h3-17H,18-19H2,1-2H3/i25+1. The number of benzene rings is 3. The molecule has 0 fully saturated rings. The van der Waals surface area contributed by atoms with Crippen LogP contribution in [0.1, 0.15) is 37.0 Å². The summed E-state index contributed by atoms with van der Waals surface area (Å²) in [7, 11) is 0. The first-order chi connectivity index (χ1) is 12.1. The fraction of sp³-hybridized carbons (Fsp3) is 0.208. The van der Waals surface area contributed by atoms with Gasteiger partial charge < -0.3 is 0 Å². The van der Waals surface area contributed by atoms with Gasteiger partial charge in [-0.05, 0) is 32.3 Å². The number of hydrogen-bond donors (Lipinski definition) is 0. The van der Waals surface area contributed by atoms with E-state index in [1.165, 1.54) is 16.7 Å². The van der Waals surface area contributed by atoms with Crippen molar-refractivity contribution in [3.8, 4) is 0 Å². The lowest BCUT2D eigenvalue weighted by molar-refractivity contribution is 0.481. The molecule has 1 nitrogen and oxygen atoms in total. The molecule has 0 saturated carbocycles. The summed E-state index contributed by atoms with van der Waals surface area (Å²) in [6.07, 6.45) is 2.05. The van der Waals surface area contributed by atoms with Crippen molar-refractivity contribution in [2.75, 3.05) is 0 Å². The molecule has 25 heavy (non-hydrogen) atoms. The molecule has 0 aliphatic carbocycles. The van der Waals surface area contributed by atoms with Crippen molar-refractivity contribution < 1.29 is 0 Å². The highest BCUT2D eigenvalue weighted by Crippen LogP contribution is 2.22. The minimum Gasteiger partial charge on any atom is -0.278 e. The second-order valence-electron chi connectivity index (χ2n) is 6.99. The van der Waals surface area contributed by atoms with Crippen LogP contribution < -0.4 is 0 Å². The van der Waals surface area contributed by atoms with Gasteiger partial charge in [0.05, 0.1) is 11.3 Å². The molecule has 3 aromatic rings. The van der Waals surface area contributed by atoms with Crippen LogP contribution in [0, 0.1) is 0 Å². The largest absolute Gasteiger partial charge is 0.278 e. The molecule has 0 atom stereocenters. The van der Waals surface area contributed by atoms with Crippen molar-refractivity contribution in [3.05, 3.63) is 108 Å². The lowest BCUT2D eigenvalue weighted by atomic mass is 9.96. The van der Waals surface area contributed by atoms with Gasteiger partial charge in [-0.15, -0.1) is 0 Å². The van der Waals surface area contributed by atoms with E-state index in [2.05, 4.69) is 92.7 Å².